The van der Waals surface area contributed by atoms with E-state index in [4.69, 9.17) is 9.47 Å². The van der Waals surface area contributed by atoms with Crippen molar-refractivity contribution in [1.29, 1.82) is 0 Å². The smallest absolute Gasteiger partial charge is 0.225 e. The number of aromatic nitrogens is 2. The molecule has 128 valence electrons. The van der Waals surface area contributed by atoms with E-state index in [-0.39, 0.29) is 0 Å². The van der Waals surface area contributed by atoms with Crippen molar-refractivity contribution < 1.29 is 9.47 Å². The number of ether oxygens (including phenoxy) is 2. The molecule has 2 aromatic rings. The van der Waals surface area contributed by atoms with Gasteiger partial charge in [-0.1, -0.05) is 0 Å². The number of piperazine rings is 1. The highest BCUT2D eigenvalue weighted by molar-refractivity contribution is 5.47. The fourth-order valence-corrected chi connectivity index (χ4v) is 2.99. The summed E-state index contributed by atoms with van der Waals surface area (Å²) in [5.74, 6) is 2.39. The van der Waals surface area contributed by atoms with E-state index in [1.165, 1.54) is 11.1 Å². The predicted molar refractivity (Wildman–Crippen MR) is 93.8 cm³/mol. The van der Waals surface area contributed by atoms with Gasteiger partial charge in [0.15, 0.2) is 11.5 Å². The molecule has 0 unspecified atom stereocenters. The van der Waals surface area contributed by atoms with Crippen molar-refractivity contribution in [3.8, 4) is 11.5 Å². The van der Waals surface area contributed by atoms with Crippen molar-refractivity contribution in [3.63, 3.8) is 0 Å². The molecule has 1 aliphatic heterocycles. The van der Waals surface area contributed by atoms with Gasteiger partial charge in [0, 0.05) is 45.1 Å². The Morgan fingerprint density at radius 1 is 0.958 bits per heavy atom. The summed E-state index contributed by atoms with van der Waals surface area (Å²) in [5, 5.41) is 0. The summed E-state index contributed by atoms with van der Waals surface area (Å²) < 4.78 is 10.8. The molecule has 0 saturated carbocycles. The van der Waals surface area contributed by atoms with Gasteiger partial charge in [0.25, 0.3) is 0 Å². The molecule has 0 N–H and O–H groups in total. The number of rotatable bonds is 5. The Hall–Kier alpha value is -2.34. The number of benzene rings is 1. The van der Waals surface area contributed by atoms with Gasteiger partial charge in [-0.25, -0.2) is 9.97 Å². The third kappa shape index (κ3) is 3.59. The van der Waals surface area contributed by atoms with Crippen LogP contribution in [0.3, 0.4) is 0 Å². The Kier molecular flexibility index (Phi) is 5.15. The highest BCUT2D eigenvalue weighted by Gasteiger charge is 2.20. The summed E-state index contributed by atoms with van der Waals surface area (Å²) in [6, 6.07) is 5.97. The van der Waals surface area contributed by atoms with E-state index in [1.807, 2.05) is 12.1 Å². The minimum Gasteiger partial charge on any atom is -0.493 e. The van der Waals surface area contributed by atoms with Crippen LogP contribution in [0.15, 0.2) is 30.6 Å². The van der Waals surface area contributed by atoms with E-state index < -0.39 is 0 Å². The number of anilines is 1. The number of aryl methyl sites for hydroxylation is 1. The number of nitrogens with zero attached hydrogens (tertiary/aromatic N) is 4. The van der Waals surface area contributed by atoms with E-state index in [9.17, 15) is 0 Å². The van der Waals surface area contributed by atoms with Crippen LogP contribution in [0.2, 0.25) is 0 Å². The Balaban J connectivity index is 1.64. The second-order valence-corrected chi connectivity index (χ2v) is 5.95. The summed E-state index contributed by atoms with van der Waals surface area (Å²) in [6.07, 6.45) is 3.59. The quantitative estimate of drug-likeness (QED) is 0.838. The first-order valence-corrected chi connectivity index (χ1v) is 8.17. The zero-order valence-corrected chi connectivity index (χ0v) is 14.5. The maximum absolute atomic E-state index is 5.43. The SMILES string of the molecule is COc1cc(C)c(CN2CCN(c3ncccn3)CC2)cc1OC. The lowest BCUT2D eigenvalue weighted by atomic mass is 10.1. The van der Waals surface area contributed by atoms with Crippen LogP contribution in [0.4, 0.5) is 5.95 Å². The summed E-state index contributed by atoms with van der Waals surface area (Å²) in [7, 11) is 3.34. The molecule has 0 atom stereocenters. The van der Waals surface area contributed by atoms with Gasteiger partial charge in [0.1, 0.15) is 0 Å². The van der Waals surface area contributed by atoms with E-state index in [0.29, 0.717) is 0 Å². The van der Waals surface area contributed by atoms with Crippen LogP contribution in [0, 0.1) is 6.92 Å². The van der Waals surface area contributed by atoms with Gasteiger partial charge < -0.3 is 14.4 Å². The molecule has 6 nitrogen and oxygen atoms in total. The van der Waals surface area contributed by atoms with Gasteiger partial charge in [0.05, 0.1) is 14.2 Å². The molecule has 0 radical (unpaired) electrons. The molecule has 2 heterocycles. The molecule has 1 saturated heterocycles. The van der Waals surface area contributed by atoms with Crippen molar-refractivity contribution in [2.45, 2.75) is 13.5 Å². The fourth-order valence-electron chi connectivity index (χ4n) is 2.99. The maximum Gasteiger partial charge on any atom is 0.225 e. The van der Waals surface area contributed by atoms with E-state index in [0.717, 1.165) is 50.2 Å². The molecule has 1 aromatic carbocycles. The molecule has 1 aliphatic rings. The largest absolute Gasteiger partial charge is 0.493 e. The molecule has 0 spiro atoms. The third-order valence-corrected chi connectivity index (χ3v) is 4.44. The van der Waals surface area contributed by atoms with Crippen LogP contribution >= 0.6 is 0 Å². The topological polar surface area (TPSA) is 50.7 Å². The van der Waals surface area contributed by atoms with Crippen molar-refractivity contribution in [2.24, 2.45) is 0 Å². The van der Waals surface area contributed by atoms with Crippen LogP contribution in [-0.4, -0.2) is 55.3 Å². The highest BCUT2D eigenvalue weighted by atomic mass is 16.5. The summed E-state index contributed by atoms with van der Waals surface area (Å²) >= 11 is 0. The number of hydrogen-bond donors (Lipinski definition) is 0. The normalized spacial score (nSPS) is 15.4. The minimum absolute atomic E-state index is 0.782. The lowest BCUT2D eigenvalue weighted by molar-refractivity contribution is 0.247. The summed E-state index contributed by atoms with van der Waals surface area (Å²) in [5.41, 5.74) is 2.50. The Morgan fingerprint density at radius 2 is 1.58 bits per heavy atom. The zero-order chi connectivity index (χ0) is 16.9. The van der Waals surface area contributed by atoms with Crippen LogP contribution in [0.1, 0.15) is 11.1 Å². The van der Waals surface area contributed by atoms with Crippen molar-refractivity contribution in [2.75, 3.05) is 45.3 Å². The zero-order valence-electron chi connectivity index (χ0n) is 14.5. The molecule has 0 amide bonds. The van der Waals surface area contributed by atoms with Gasteiger partial charge >= 0.3 is 0 Å². The maximum atomic E-state index is 5.43. The molecular formula is C18H24N4O2. The van der Waals surface area contributed by atoms with Crippen LogP contribution in [0.25, 0.3) is 0 Å². The van der Waals surface area contributed by atoms with E-state index in [1.54, 1.807) is 26.6 Å². The monoisotopic (exact) mass is 328 g/mol. The highest BCUT2D eigenvalue weighted by Crippen LogP contribution is 2.31. The van der Waals surface area contributed by atoms with Crippen molar-refractivity contribution in [3.05, 3.63) is 41.7 Å². The average molecular weight is 328 g/mol. The fraction of sp³-hybridized carbons (Fsp3) is 0.444. The number of methoxy groups -OCH3 is 2. The first-order valence-electron chi connectivity index (χ1n) is 8.17. The van der Waals surface area contributed by atoms with Crippen molar-refractivity contribution >= 4 is 5.95 Å². The first kappa shape index (κ1) is 16.5. The molecule has 1 aromatic heterocycles. The number of hydrogen-bond acceptors (Lipinski definition) is 6. The van der Waals surface area contributed by atoms with Crippen LogP contribution < -0.4 is 14.4 Å². The first-order chi connectivity index (χ1) is 11.7. The standard InChI is InChI=1S/C18H24N4O2/c1-14-11-16(23-2)17(24-3)12-15(14)13-21-7-9-22(10-8-21)18-19-5-4-6-20-18/h4-6,11-12H,7-10,13H2,1-3H3. The van der Waals surface area contributed by atoms with Crippen LogP contribution in [0.5, 0.6) is 11.5 Å². The van der Waals surface area contributed by atoms with Gasteiger partial charge in [-0.05, 0) is 36.2 Å². The average Bonchev–Trinajstić information content (AvgIpc) is 2.64. The van der Waals surface area contributed by atoms with E-state index >= 15 is 0 Å². The summed E-state index contributed by atoms with van der Waals surface area (Å²) in [6.45, 7) is 6.89. The molecule has 0 bridgehead atoms. The second-order valence-electron chi connectivity index (χ2n) is 5.95. The van der Waals surface area contributed by atoms with Gasteiger partial charge in [0.2, 0.25) is 5.95 Å². The molecular weight excluding hydrogens is 304 g/mol. The summed E-state index contributed by atoms with van der Waals surface area (Å²) in [4.78, 5) is 13.4. The lowest BCUT2D eigenvalue weighted by Gasteiger charge is -2.35. The molecule has 3 rings (SSSR count). The molecule has 24 heavy (non-hydrogen) atoms. The van der Waals surface area contributed by atoms with Crippen LogP contribution in [-0.2, 0) is 6.54 Å². The Labute approximate surface area is 143 Å². The second kappa shape index (κ2) is 7.49. The van der Waals surface area contributed by atoms with Crippen molar-refractivity contribution in [1.82, 2.24) is 14.9 Å². The predicted octanol–water partition coefficient (Wildman–Crippen LogP) is 2.12. The van der Waals surface area contributed by atoms with Gasteiger partial charge in [-0.2, -0.15) is 0 Å². The Morgan fingerprint density at radius 3 is 2.21 bits per heavy atom. The Bertz CT molecular complexity index is 670. The molecule has 0 aliphatic carbocycles. The molecule has 1 fully saturated rings. The minimum atomic E-state index is 0.782. The van der Waals surface area contributed by atoms with E-state index in [2.05, 4.69) is 32.8 Å². The lowest BCUT2D eigenvalue weighted by Crippen LogP contribution is -2.46. The molecule has 6 heteroatoms. The van der Waals surface area contributed by atoms with Gasteiger partial charge in [-0.15, -0.1) is 0 Å². The van der Waals surface area contributed by atoms with Gasteiger partial charge in [-0.3, -0.25) is 4.90 Å². The third-order valence-electron chi connectivity index (χ3n) is 4.44.